The molecular weight excluding hydrogens is 172 g/mol. The molecule has 4 nitrogen and oxygen atoms in total. The predicted octanol–water partition coefficient (Wildman–Crippen LogP) is 0.970. The number of ketones is 1. The van der Waals surface area contributed by atoms with E-state index >= 15 is 0 Å². The highest BCUT2D eigenvalue weighted by atomic mass is 16.5. The van der Waals surface area contributed by atoms with Crippen LogP contribution in [0.4, 0.5) is 0 Å². The number of rotatable bonds is 1. The lowest BCUT2D eigenvalue weighted by atomic mass is 9.86. The SMILES string of the molecule is CC(C)(C)C(=O)C1=C(O)COC1=O. The molecule has 13 heavy (non-hydrogen) atoms. The fourth-order valence-corrected chi connectivity index (χ4v) is 0.995. The Kier molecular flexibility index (Phi) is 2.15. The third-order valence-electron chi connectivity index (χ3n) is 1.74. The summed E-state index contributed by atoms with van der Waals surface area (Å²) < 4.78 is 4.51. The van der Waals surface area contributed by atoms with Crippen molar-refractivity contribution in [3.05, 3.63) is 11.3 Å². The maximum Gasteiger partial charge on any atom is 0.345 e. The van der Waals surface area contributed by atoms with Crippen molar-refractivity contribution in [3.8, 4) is 0 Å². The molecule has 0 saturated heterocycles. The van der Waals surface area contributed by atoms with E-state index in [1.165, 1.54) is 0 Å². The van der Waals surface area contributed by atoms with Crippen LogP contribution >= 0.6 is 0 Å². The van der Waals surface area contributed by atoms with Crippen LogP contribution in [-0.4, -0.2) is 23.5 Å². The van der Waals surface area contributed by atoms with Gasteiger partial charge in [-0.05, 0) is 0 Å². The van der Waals surface area contributed by atoms with E-state index in [2.05, 4.69) is 4.74 Å². The fourth-order valence-electron chi connectivity index (χ4n) is 0.995. The summed E-state index contributed by atoms with van der Waals surface area (Å²) in [5.41, 5.74) is -0.875. The monoisotopic (exact) mass is 184 g/mol. The van der Waals surface area contributed by atoms with Crippen molar-refractivity contribution >= 4 is 11.8 Å². The fraction of sp³-hybridized carbons (Fsp3) is 0.556. The number of hydrogen-bond acceptors (Lipinski definition) is 4. The number of aliphatic hydroxyl groups excluding tert-OH is 1. The molecule has 0 unspecified atom stereocenters. The van der Waals surface area contributed by atoms with Crippen LogP contribution in [0.3, 0.4) is 0 Å². The van der Waals surface area contributed by atoms with Gasteiger partial charge in [-0.15, -0.1) is 0 Å². The number of carbonyl (C=O) groups is 2. The van der Waals surface area contributed by atoms with Crippen LogP contribution in [0.15, 0.2) is 11.3 Å². The summed E-state index contributed by atoms with van der Waals surface area (Å²) >= 11 is 0. The zero-order chi connectivity index (χ0) is 10.2. The van der Waals surface area contributed by atoms with Crippen molar-refractivity contribution in [1.29, 1.82) is 0 Å². The van der Waals surface area contributed by atoms with E-state index in [-0.39, 0.29) is 23.7 Å². The average Bonchev–Trinajstić information content (AvgIpc) is 2.28. The third kappa shape index (κ3) is 1.71. The summed E-state index contributed by atoms with van der Waals surface area (Å²) in [4.78, 5) is 22.6. The maximum atomic E-state index is 11.6. The number of cyclic esters (lactones) is 1. The Hall–Kier alpha value is -1.32. The average molecular weight is 184 g/mol. The summed E-state index contributed by atoms with van der Waals surface area (Å²) in [5, 5.41) is 9.21. The van der Waals surface area contributed by atoms with Crippen molar-refractivity contribution in [2.45, 2.75) is 20.8 Å². The van der Waals surface area contributed by atoms with Crippen molar-refractivity contribution in [1.82, 2.24) is 0 Å². The molecule has 0 atom stereocenters. The lowest BCUT2D eigenvalue weighted by Gasteiger charge is -2.15. The second-order valence-corrected chi connectivity index (χ2v) is 3.98. The Labute approximate surface area is 76.2 Å². The molecule has 0 bridgehead atoms. The molecule has 1 N–H and O–H groups in total. The zero-order valence-corrected chi connectivity index (χ0v) is 7.88. The van der Waals surface area contributed by atoms with Crippen molar-refractivity contribution in [2.75, 3.05) is 6.61 Å². The highest BCUT2D eigenvalue weighted by molar-refractivity contribution is 6.20. The van der Waals surface area contributed by atoms with Crippen LogP contribution in [0, 0.1) is 5.41 Å². The molecule has 1 rings (SSSR count). The minimum absolute atomic E-state index is 0.185. The van der Waals surface area contributed by atoms with E-state index < -0.39 is 11.4 Å². The Bertz CT molecular complexity index is 293. The first-order valence-corrected chi connectivity index (χ1v) is 3.98. The molecule has 0 amide bonds. The van der Waals surface area contributed by atoms with Gasteiger partial charge in [-0.2, -0.15) is 0 Å². The molecular formula is C9H12O4. The number of ether oxygens (including phenoxy) is 1. The van der Waals surface area contributed by atoms with Gasteiger partial charge in [0, 0.05) is 5.41 Å². The van der Waals surface area contributed by atoms with E-state index in [4.69, 9.17) is 0 Å². The molecule has 0 aromatic carbocycles. The van der Waals surface area contributed by atoms with Crippen LogP contribution in [0.1, 0.15) is 20.8 Å². The second-order valence-electron chi connectivity index (χ2n) is 3.98. The van der Waals surface area contributed by atoms with Crippen LogP contribution in [0.5, 0.6) is 0 Å². The van der Waals surface area contributed by atoms with Gasteiger partial charge in [0.05, 0.1) is 0 Å². The van der Waals surface area contributed by atoms with E-state index in [0.29, 0.717) is 0 Å². The first kappa shape index (κ1) is 9.77. The summed E-state index contributed by atoms with van der Waals surface area (Å²) in [6, 6.07) is 0. The second kappa shape index (κ2) is 2.87. The summed E-state index contributed by atoms with van der Waals surface area (Å²) in [6.45, 7) is 4.86. The maximum absolute atomic E-state index is 11.6. The third-order valence-corrected chi connectivity index (χ3v) is 1.74. The highest BCUT2D eigenvalue weighted by Crippen LogP contribution is 2.25. The van der Waals surface area contributed by atoms with Gasteiger partial charge in [0.25, 0.3) is 0 Å². The van der Waals surface area contributed by atoms with E-state index in [9.17, 15) is 14.7 Å². The highest BCUT2D eigenvalue weighted by Gasteiger charge is 2.36. The molecule has 0 radical (unpaired) electrons. The quantitative estimate of drug-likeness (QED) is 0.487. The smallest absolute Gasteiger partial charge is 0.345 e. The number of aliphatic hydroxyl groups is 1. The van der Waals surface area contributed by atoms with E-state index in [1.54, 1.807) is 20.8 Å². The molecule has 0 spiro atoms. The van der Waals surface area contributed by atoms with Gasteiger partial charge in [0.2, 0.25) is 0 Å². The van der Waals surface area contributed by atoms with Crippen molar-refractivity contribution in [3.63, 3.8) is 0 Å². The molecule has 1 aliphatic heterocycles. The van der Waals surface area contributed by atoms with Crippen LogP contribution in [0.2, 0.25) is 0 Å². The minimum atomic E-state index is -0.725. The normalized spacial score (nSPS) is 17.6. The number of carbonyl (C=O) groups excluding carboxylic acids is 2. The van der Waals surface area contributed by atoms with Crippen LogP contribution < -0.4 is 0 Å². The topological polar surface area (TPSA) is 63.6 Å². The summed E-state index contributed by atoms with van der Waals surface area (Å²) in [6.07, 6.45) is 0. The number of Topliss-reactive ketones (excluding diaryl/α,β-unsaturated/α-hetero) is 1. The van der Waals surface area contributed by atoms with Crippen LogP contribution in [-0.2, 0) is 14.3 Å². The van der Waals surface area contributed by atoms with Gasteiger partial charge in [-0.1, -0.05) is 20.8 Å². The lowest BCUT2D eigenvalue weighted by Crippen LogP contribution is -2.25. The number of esters is 1. The molecule has 1 aliphatic rings. The molecule has 1 heterocycles. The number of hydrogen-bond donors (Lipinski definition) is 1. The first-order valence-electron chi connectivity index (χ1n) is 3.98. The summed E-state index contributed by atoms with van der Waals surface area (Å²) in [5.74, 6) is -1.37. The molecule has 0 fully saturated rings. The lowest BCUT2D eigenvalue weighted by molar-refractivity contribution is -0.138. The molecule has 0 aliphatic carbocycles. The van der Waals surface area contributed by atoms with Gasteiger partial charge in [-0.3, -0.25) is 4.79 Å². The summed E-state index contributed by atoms with van der Waals surface area (Å²) in [7, 11) is 0. The molecule has 4 heteroatoms. The molecule has 0 aromatic rings. The minimum Gasteiger partial charge on any atom is -0.508 e. The zero-order valence-electron chi connectivity index (χ0n) is 7.88. The van der Waals surface area contributed by atoms with Gasteiger partial charge >= 0.3 is 5.97 Å². The van der Waals surface area contributed by atoms with E-state index in [0.717, 1.165) is 0 Å². The van der Waals surface area contributed by atoms with Crippen LogP contribution in [0.25, 0.3) is 0 Å². The molecule has 0 saturated carbocycles. The molecule has 0 aromatic heterocycles. The Morgan fingerprint density at radius 1 is 1.46 bits per heavy atom. The standard InChI is InChI=1S/C9H12O4/c1-9(2,3)7(11)6-5(10)4-13-8(6)12/h10H,4H2,1-3H3. The predicted molar refractivity (Wildman–Crippen MR) is 45.1 cm³/mol. The van der Waals surface area contributed by atoms with Crippen molar-refractivity contribution < 1.29 is 19.4 Å². The Morgan fingerprint density at radius 2 is 2.00 bits per heavy atom. The van der Waals surface area contributed by atoms with Gasteiger partial charge in [0.15, 0.2) is 5.78 Å². The van der Waals surface area contributed by atoms with Gasteiger partial charge in [-0.25, -0.2) is 4.79 Å². The van der Waals surface area contributed by atoms with Gasteiger partial charge in [0.1, 0.15) is 17.9 Å². The molecule has 72 valence electrons. The Morgan fingerprint density at radius 3 is 2.31 bits per heavy atom. The largest absolute Gasteiger partial charge is 0.508 e. The van der Waals surface area contributed by atoms with E-state index in [1.807, 2.05) is 0 Å². The van der Waals surface area contributed by atoms with Gasteiger partial charge < -0.3 is 9.84 Å². The Balaban J connectivity index is 3.02. The van der Waals surface area contributed by atoms with Crippen molar-refractivity contribution in [2.24, 2.45) is 5.41 Å². The first-order chi connectivity index (χ1) is 5.84.